The number of aryl methyl sites for hydroxylation is 2. The second-order valence-electron chi connectivity index (χ2n) is 6.53. The standard InChI is InChI=1S/C17H24N4O4/c1-3-25-17(24)21-8-6-20(7-9-21)16(23)12-4-5-14-13(10-12)11-15(22)19(2)18-14/h11-12H,3-10H2,1-2H3. The van der Waals surface area contributed by atoms with Gasteiger partial charge in [0.15, 0.2) is 0 Å². The largest absolute Gasteiger partial charge is 0.450 e. The Morgan fingerprint density at radius 1 is 1.24 bits per heavy atom. The second-order valence-corrected chi connectivity index (χ2v) is 6.53. The summed E-state index contributed by atoms with van der Waals surface area (Å²) in [6.45, 7) is 4.17. The van der Waals surface area contributed by atoms with Gasteiger partial charge in [-0.15, -0.1) is 0 Å². The van der Waals surface area contributed by atoms with Gasteiger partial charge in [-0.1, -0.05) is 0 Å². The minimum absolute atomic E-state index is 0.106. The molecule has 0 radical (unpaired) electrons. The molecule has 0 saturated carbocycles. The fourth-order valence-electron chi connectivity index (χ4n) is 3.48. The molecule has 1 unspecified atom stereocenters. The summed E-state index contributed by atoms with van der Waals surface area (Å²) in [5.74, 6) is -0.00890. The lowest BCUT2D eigenvalue weighted by molar-refractivity contribution is -0.137. The van der Waals surface area contributed by atoms with Crippen molar-refractivity contribution in [1.82, 2.24) is 19.6 Å². The number of fused-ring (bicyclic) bond motifs is 1. The minimum Gasteiger partial charge on any atom is -0.450 e. The molecule has 2 amide bonds. The van der Waals surface area contributed by atoms with Gasteiger partial charge >= 0.3 is 6.09 Å². The smallest absolute Gasteiger partial charge is 0.409 e. The van der Waals surface area contributed by atoms with Crippen molar-refractivity contribution >= 4 is 12.0 Å². The molecule has 8 heteroatoms. The van der Waals surface area contributed by atoms with E-state index in [1.54, 1.807) is 24.9 Å². The molecule has 1 aliphatic carbocycles. The summed E-state index contributed by atoms with van der Waals surface area (Å²) in [4.78, 5) is 39.8. The highest BCUT2D eigenvalue weighted by Gasteiger charge is 2.32. The van der Waals surface area contributed by atoms with E-state index in [9.17, 15) is 14.4 Å². The Morgan fingerprint density at radius 2 is 1.92 bits per heavy atom. The average Bonchev–Trinajstić information content (AvgIpc) is 2.62. The van der Waals surface area contributed by atoms with E-state index in [0.717, 1.165) is 17.7 Å². The predicted molar refractivity (Wildman–Crippen MR) is 90.2 cm³/mol. The number of piperazine rings is 1. The maximum atomic E-state index is 12.8. The van der Waals surface area contributed by atoms with E-state index in [1.165, 1.54) is 4.68 Å². The van der Waals surface area contributed by atoms with Gasteiger partial charge in [-0.3, -0.25) is 9.59 Å². The first-order valence-corrected chi connectivity index (χ1v) is 8.76. The van der Waals surface area contributed by atoms with Crippen LogP contribution in [-0.2, 0) is 29.4 Å². The van der Waals surface area contributed by atoms with Gasteiger partial charge in [0.25, 0.3) is 5.56 Å². The molecule has 136 valence electrons. The second kappa shape index (κ2) is 7.25. The molecule has 1 aromatic rings. The van der Waals surface area contributed by atoms with Gasteiger partial charge in [-0.2, -0.15) is 5.10 Å². The minimum atomic E-state index is -0.317. The quantitative estimate of drug-likeness (QED) is 0.761. The first kappa shape index (κ1) is 17.4. The Balaban J connectivity index is 1.60. The summed E-state index contributed by atoms with van der Waals surface area (Å²) in [7, 11) is 1.64. The van der Waals surface area contributed by atoms with E-state index in [2.05, 4.69) is 5.10 Å². The number of rotatable bonds is 2. The lowest BCUT2D eigenvalue weighted by Crippen LogP contribution is -2.52. The number of carbonyl (C=O) groups is 2. The van der Waals surface area contributed by atoms with E-state index < -0.39 is 0 Å². The van der Waals surface area contributed by atoms with Crippen molar-refractivity contribution in [2.75, 3.05) is 32.8 Å². The molecule has 1 atom stereocenters. The molecule has 3 rings (SSSR count). The lowest BCUT2D eigenvalue weighted by atomic mass is 9.86. The summed E-state index contributed by atoms with van der Waals surface area (Å²) < 4.78 is 6.34. The number of amides is 2. The first-order chi connectivity index (χ1) is 12.0. The molecule has 0 aromatic carbocycles. The van der Waals surface area contributed by atoms with Crippen LogP contribution in [0.1, 0.15) is 24.6 Å². The van der Waals surface area contributed by atoms with Crippen LogP contribution >= 0.6 is 0 Å². The maximum Gasteiger partial charge on any atom is 0.409 e. The normalized spacial score (nSPS) is 20.2. The third-order valence-electron chi connectivity index (χ3n) is 4.92. The van der Waals surface area contributed by atoms with Gasteiger partial charge in [0.2, 0.25) is 5.91 Å². The van der Waals surface area contributed by atoms with E-state index >= 15 is 0 Å². The monoisotopic (exact) mass is 348 g/mol. The number of carbonyl (C=O) groups excluding carboxylic acids is 2. The van der Waals surface area contributed by atoms with Crippen LogP contribution < -0.4 is 5.56 Å². The van der Waals surface area contributed by atoms with Crippen LogP contribution in [-0.4, -0.2) is 64.4 Å². The van der Waals surface area contributed by atoms with Gasteiger partial charge in [-0.05, 0) is 31.7 Å². The van der Waals surface area contributed by atoms with Crippen LogP contribution in [0.3, 0.4) is 0 Å². The van der Waals surface area contributed by atoms with Crippen molar-refractivity contribution < 1.29 is 14.3 Å². The van der Waals surface area contributed by atoms with Crippen LogP contribution in [0.2, 0.25) is 0 Å². The van der Waals surface area contributed by atoms with Crippen molar-refractivity contribution in [3.63, 3.8) is 0 Å². The van der Waals surface area contributed by atoms with E-state index in [-0.39, 0.29) is 23.5 Å². The van der Waals surface area contributed by atoms with E-state index in [0.29, 0.717) is 45.6 Å². The SMILES string of the molecule is CCOC(=O)N1CCN(C(=O)C2CCc3nn(C)c(=O)cc3C2)CC1. The first-order valence-electron chi connectivity index (χ1n) is 8.76. The van der Waals surface area contributed by atoms with Crippen molar-refractivity contribution in [3.05, 3.63) is 27.7 Å². The molecule has 25 heavy (non-hydrogen) atoms. The van der Waals surface area contributed by atoms with Crippen LogP contribution in [0, 0.1) is 5.92 Å². The van der Waals surface area contributed by atoms with E-state index in [4.69, 9.17) is 4.74 Å². The molecule has 8 nitrogen and oxygen atoms in total. The Kier molecular flexibility index (Phi) is 5.06. The summed E-state index contributed by atoms with van der Waals surface area (Å²) >= 11 is 0. The van der Waals surface area contributed by atoms with Crippen molar-refractivity contribution in [1.29, 1.82) is 0 Å². The summed E-state index contributed by atoms with van der Waals surface area (Å²) in [5.41, 5.74) is 1.66. The number of hydrogen-bond donors (Lipinski definition) is 0. The van der Waals surface area contributed by atoms with E-state index in [1.807, 2.05) is 4.90 Å². The third-order valence-corrected chi connectivity index (χ3v) is 4.92. The van der Waals surface area contributed by atoms with Gasteiger partial charge < -0.3 is 14.5 Å². The fraction of sp³-hybridized carbons (Fsp3) is 0.647. The van der Waals surface area contributed by atoms with Crippen molar-refractivity contribution in [2.24, 2.45) is 13.0 Å². The molecule has 1 aliphatic heterocycles. The number of ether oxygens (including phenoxy) is 1. The van der Waals surface area contributed by atoms with Gasteiger partial charge in [0.1, 0.15) is 0 Å². The van der Waals surface area contributed by atoms with Crippen LogP contribution in [0.25, 0.3) is 0 Å². The lowest BCUT2D eigenvalue weighted by Gasteiger charge is -2.36. The van der Waals surface area contributed by atoms with Crippen LogP contribution in [0.15, 0.2) is 10.9 Å². The molecule has 1 saturated heterocycles. The average molecular weight is 348 g/mol. The fourth-order valence-corrected chi connectivity index (χ4v) is 3.48. The molecule has 1 aromatic heterocycles. The highest BCUT2D eigenvalue weighted by atomic mass is 16.6. The zero-order valence-electron chi connectivity index (χ0n) is 14.7. The molecule has 0 spiro atoms. The highest BCUT2D eigenvalue weighted by molar-refractivity contribution is 5.80. The summed E-state index contributed by atoms with van der Waals surface area (Å²) in [5, 5.41) is 4.29. The van der Waals surface area contributed by atoms with Crippen LogP contribution in [0.5, 0.6) is 0 Å². The molecule has 0 bridgehead atoms. The zero-order chi connectivity index (χ0) is 18.0. The van der Waals surface area contributed by atoms with Crippen LogP contribution in [0.4, 0.5) is 4.79 Å². The molecular weight excluding hydrogens is 324 g/mol. The summed E-state index contributed by atoms with van der Waals surface area (Å²) in [6, 6.07) is 1.60. The van der Waals surface area contributed by atoms with Crippen molar-refractivity contribution in [3.8, 4) is 0 Å². The number of nitrogens with zero attached hydrogens (tertiary/aromatic N) is 4. The topological polar surface area (TPSA) is 84.7 Å². The Labute approximate surface area is 146 Å². The van der Waals surface area contributed by atoms with Gasteiger partial charge in [0.05, 0.1) is 12.3 Å². The number of aromatic nitrogens is 2. The molecule has 1 fully saturated rings. The molecule has 0 N–H and O–H groups in total. The van der Waals surface area contributed by atoms with Gasteiger partial charge in [0, 0.05) is 45.2 Å². The van der Waals surface area contributed by atoms with Crippen molar-refractivity contribution in [2.45, 2.75) is 26.2 Å². The predicted octanol–water partition coefficient (Wildman–Crippen LogP) is 0.186. The van der Waals surface area contributed by atoms with Gasteiger partial charge in [-0.25, -0.2) is 9.48 Å². The number of hydrogen-bond acceptors (Lipinski definition) is 5. The zero-order valence-corrected chi connectivity index (χ0v) is 14.7. The maximum absolute atomic E-state index is 12.8. The molecular formula is C17H24N4O4. The Bertz CT molecular complexity index is 722. The Morgan fingerprint density at radius 3 is 2.60 bits per heavy atom. The third kappa shape index (κ3) is 3.67. The highest BCUT2D eigenvalue weighted by Crippen LogP contribution is 2.25. The molecule has 2 aliphatic rings. The Hall–Kier alpha value is -2.38. The molecule has 2 heterocycles. The summed E-state index contributed by atoms with van der Waals surface area (Å²) in [6.07, 6.45) is 1.70.